The third-order valence-corrected chi connectivity index (χ3v) is 4.51. The average molecular weight is 380 g/mol. The maximum Gasteiger partial charge on any atom is 0.231 e. The highest BCUT2D eigenvalue weighted by molar-refractivity contribution is 6.14. The van der Waals surface area contributed by atoms with Crippen molar-refractivity contribution in [2.75, 3.05) is 21.3 Å². The number of benzene rings is 2. The Hall–Kier alpha value is -3.21. The number of methoxy groups -OCH3 is 3. The fourth-order valence-corrected chi connectivity index (χ4v) is 3.02. The number of fused-ring (bicyclic) bond motifs is 1. The zero-order valence-electron chi connectivity index (χ0n) is 16.8. The molecule has 0 atom stereocenters. The van der Waals surface area contributed by atoms with Crippen molar-refractivity contribution in [3.05, 3.63) is 64.4 Å². The maximum atomic E-state index is 12.9. The summed E-state index contributed by atoms with van der Waals surface area (Å²) in [5, 5.41) is 0. The SMILES string of the molecule is COc1cc2c(cc1CC=C(C)C)C(=O)/C(=C/c1ccc(OC)c(OC)c1)O2. The van der Waals surface area contributed by atoms with E-state index in [9.17, 15) is 4.79 Å². The number of ketones is 1. The third-order valence-electron chi connectivity index (χ3n) is 4.51. The number of carbonyl (C=O) groups is 1. The van der Waals surface area contributed by atoms with Crippen molar-refractivity contribution >= 4 is 11.9 Å². The number of ether oxygens (including phenoxy) is 4. The second kappa shape index (κ2) is 8.21. The molecule has 3 rings (SSSR count). The molecule has 28 heavy (non-hydrogen) atoms. The molecule has 0 N–H and O–H groups in total. The van der Waals surface area contributed by atoms with Crippen LogP contribution in [0.4, 0.5) is 0 Å². The van der Waals surface area contributed by atoms with Gasteiger partial charge in [0.25, 0.3) is 0 Å². The van der Waals surface area contributed by atoms with Crippen LogP contribution < -0.4 is 18.9 Å². The summed E-state index contributed by atoms with van der Waals surface area (Å²) in [6, 6.07) is 9.06. The Morgan fingerprint density at radius 2 is 1.68 bits per heavy atom. The Bertz CT molecular complexity index is 965. The first-order valence-corrected chi connectivity index (χ1v) is 8.97. The standard InChI is InChI=1S/C23H24O5/c1-14(2)6-8-16-12-17-20(13-19(16)26-4)28-22(23(17)24)11-15-7-9-18(25-3)21(10-15)27-5/h6-7,9-13H,8H2,1-5H3/b22-11-. The second-order valence-electron chi connectivity index (χ2n) is 6.70. The van der Waals surface area contributed by atoms with Gasteiger partial charge in [0.2, 0.25) is 5.78 Å². The van der Waals surface area contributed by atoms with Gasteiger partial charge in [0, 0.05) is 6.07 Å². The van der Waals surface area contributed by atoms with Gasteiger partial charge < -0.3 is 18.9 Å². The van der Waals surface area contributed by atoms with Gasteiger partial charge in [0.1, 0.15) is 11.5 Å². The predicted octanol–water partition coefficient (Wildman–Crippen LogP) is 4.84. The van der Waals surface area contributed by atoms with E-state index in [0.717, 1.165) is 11.1 Å². The zero-order chi connectivity index (χ0) is 20.3. The van der Waals surface area contributed by atoms with Crippen molar-refractivity contribution in [1.29, 1.82) is 0 Å². The summed E-state index contributed by atoms with van der Waals surface area (Å²) in [6.07, 6.45) is 4.50. The van der Waals surface area contributed by atoms with E-state index in [2.05, 4.69) is 6.08 Å². The molecule has 0 unspecified atom stereocenters. The first-order chi connectivity index (χ1) is 13.5. The first kappa shape index (κ1) is 19.5. The van der Waals surface area contributed by atoms with E-state index in [1.165, 1.54) is 5.57 Å². The highest BCUT2D eigenvalue weighted by Gasteiger charge is 2.29. The molecule has 5 nitrogen and oxygen atoms in total. The maximum absolute atomic E-state index is 12.9. The van der Waals surface area contributed by atoms with Crippen LogP contribution in [0.15, 0.2) is 47.7 Å². The molecule has 0 fully saturated rings. The molecule has 0 spiro atoms. The number of rotatable bonds is 6. The highest BCUT2D eigenvalue weighted by Crippen LogP contribution is 2.38. The molecule has 2 aromatic rings. The van der Waals surface area contributed by atoms with E-state index in [1.807, 2.05) is 26.0 Å². The molecule has 2 aromatic carbocycles. The molecule has 5 heteroatoms. The van der Waals surface area contributed by atoms with Crippen molar-refractivity contribution in [1.82, 2.24) is 0 Å². The molecule has 0 saturated heterocycles. The van der Waals surface area contributed by atoms with Crippen LogP contribution in [-0.4, -0.2) is 27.1 Å². The molecule has 0 saturated carbocycles. The molecule has 0 amide bonds. The summed E-state index contributed by atoms with van der Waals surface area (Å²) in [7, 11) is 4.77. The minimum absolute atomic E-state index is 0.147. The van der Waals surface area contributed by atoms with Crippen LogP contribution >= 0.6 is 0 Å². The lowest BCUT2D eigenvalue weighted by Gasteiger charge is -2.09. The van der Waals surface area contributed by atoms with Gasteiger partial charge in [-0.15, -0.1) is 0 Å². The van der Waals surface area contributed by atoms with E-state index < -0.39 is 0 Å². The minimum Gasteiger partial charge on any atom is -0.496 e. The molecule has 1 aliphatic rings. The highest BCUT2D eigenvalue weighted by atomic mass is 16.5. The normalized spacial score (nSPS) is 13.8. The van der Waals surface area contributed by atoms with Crippen LogP contribution in [0.1, 0.15) is 35.3 Å². The minimum atomic E-state index is -0.147. The lowest BCUT2D eigenvalue weighted by atomic mass is 10.0. The molecule has 1 heterocycles. The molecular weight excluding hydrogens is 356 g/mol. The second-order valence-corrected chi connectivity index (χ2v) is 6.70. The van der Waals surface area contributed by atoms with Gasteiger partial charge >= 0.3 is 0 Å². The number of carbonyl (C=O) groups excluding carboxylic acids is 1. The van der Waals surface area contributed by atoms with Crippen LogP contribution in [0.5, 0.6) is 23.0 Å². The zero-order valence-corrected chi connectivity index (χ0v) is 16.8. The largest absolute Gasteiger partial charge is 0.496 e. The lowest BCUT2D eigenvalue weighted by molar-refractivity contribution is 0.101. The lowest BCUT2D eigenvalue weighted by Crippen LogP contribution is -1.99. The fraction of sp³-hybridized carbons (Fsp3) is 0.261. The van der Waals surface area contributed by atoms with Crippen molar-refractivity contribution in [2.24, 2.45) is 0 Å². The van der Waals surface area contributed by atoms with E-state index in [1.54, 1.807) is 45.6 Å². The summed E-state index contributed by atoms with van der Waals surface area (Å²) >= 11 is 0. The number of Topliss-reactive ketones (excluding diaryl/α,β-unsaturated/α-hetero) is 1. The van der Waals surface area contributed by atoms with E-state index in [4.69, 9.17) is 18.9 Å². The van der Waals surface area contributed by atoms with Crippen LogP contribution in [0.3, 0.4) is 0 Å². The van der Waals surface area contributed by atoms with Crippen LogP contribution in [-0.2, 0) is 6.42 Å². The van der Waals surface area contributed by atoms with Crippen molar-refractivity contribution in [2.45, 2.75) is 20.3 Å². The molecular formula is C23H24O5. The van der Waals surface area contributed by atoms with Crippen LogP contribution in [0.2, 0.25) is 0 Å². The van der Waals surface area contributed by atoms with E-state index in [0.29, 0.717) is 35.0 Å². The molecule has 146 valence electrons. The van der Waals surface area contributed by atoms with Crippen molar-refractivity contribution in [3.8, 4) is 23.0 Å². The molecule has 0 aliphatic carbocycles. The number of hydrogen-bond donors (Lipinski definition) is 0. The van der Waals surface area contributed by atoms with Gasteiger partial charge in [-0.1, -0.05) is 17.7 Å². The summed E-state index contributed by atoms with van der Waals surface area (Å²) in [6.45, 7) is 4.08. The molecule has 1 aliphatic heterocycles. The predicted molar refractivity (Wildman–Crippen MR) is 109 cm³/mol. The summed E-state index contributed by atoms with van der Waals surface area (Å²) in [5.74, 6) is 2.55. The Balaban J connectivity index is 1.95. The van der Waals surface area contributed by atoms with Crippen LogP contribution in [0, 0.1) is 0 Å². The Kier molecular flexibility index (Phi) is 5.73. The van der Waals surface area contributed by atoms with Gasteiger partial charge in [-0.25, -0.2) is 0 Å². The molecule has 0 bridgehead atoms. The Labute approximate surface area is 165 Å². The van der Waals surface area contributed by atoms with Gasteiger partial charge in [-0.3, -0.25) is 4.79 Å². The Morgan fingerprint density at radius 1 is 0.964 bits per heavy atom. The van der Waals surface area contributed by atoms with E-state index >= 15 is 0 Å². The summed E-state index contributed by atoms with van der Waals surface area (Å²) in [4.78, 5) is 12.9. The summed E-state index contributed by atoms with van der Waals surface area (Å²) in [5.41, 5.74) is 3.49. The Morgan fingerprint density at radius 3 is 2.32 bits per heavy atom. The smallest absolute Gasteiger partial charge is 0.231 e. The van der Waals surface area contributed by atoms with Gasteiger partial charge in [0.15, 0.2) is 17.3 Å². The molecule has 0 radical (unpaired) electrons. The number of hydrogen-bond acceptors (Lipinski definition) is 5. The van der Waals surface area contributed by atoms with Gasteiger partial charge in [-0.05, 0) is 55.7 Å². The average Bonchev–Trinajstić information content (AvgIpc) is 2.99. The van der Waals surface area contributed by atoms with Crippen molar-refractivity contribution < 1.29 is 23.7 Å². The quantitative estimate of drug-likeness (QED) is 0.530. The first-order valence-electron chi connectivity index (χ1n) is 8.97. The van der Waals surface area contributed by atoms with Gasteiger partial charge in [-0.2, -0.15) is 0 Å². The topological polar surface area (TPSA) is 54.0 Å². The van der Waals surface area contributed by atoms with Gasteiger partial charge in [0.05, 0.1) is 26.9 Å². The number of allylic oxidation sites excluding steroid dienone is 3. The molecule has 0 aromatic heterocycles. The van der Waals surface area contributed by atoms with Crippen molar-refractivity contribution in [3.63, 3.8) is 0 Å². The van der Waals surface area contributed by atoms with E-state index in [-0.39, 0.29) is 11.5 Å². The fourth-order valence-electron chi connectivity index (χ4n) is 3.02. The van der Waals surface area contributed by atoms with Crippen LogP contribution in [0.25, 0.3) is 6.08 Å². The third kappa shape index (κ3) is 3.88. The monoisotopic (exact) mass is 380 g/mol. The summed E-state index contributed by atoms with van der Waals surface area (Å²) < 4.78 is 21.9.